The van der Waals surface area contributed by atoms with Gasteiger partial charge in [0, 0.05) is 12.7 Å². The summed E-state index contributed by atoms with van der Waals surface area (Å²) in [4.78, 5) is 15.1. The van der Waals surface area contributed by atoms with Gasteiger partial charge in [-0.05, 0) is 30.7 Å². The largest absolute Gasteiger partial charge is 0.416 e. The van der Waals surface area contributed by atoms with Crippen LogP contribution in [0.15, 0.2) is 30.5 Å². The molecule has 0 radical (unpaired) electrons. The molecule has 0 saturated heterocycles. The van der Waals surface area contributed by atoms with Crippen molar-refractivity contribution in [2.24, 2.45) is 5.73 Å². The summed E-state index contributed by atoms with van der Waals surface area (Å²) in [5.74, 6) is -0.711. The molecule has 4 nitrogen and oxygen atoms in total. The second-order valence-corrected chi connectivity index (χ2v) is 5.36. The van der Waals surface area contributed by atoms with Crippen molar-refractivity contribution in [1.82, 2.24) is 4.98 Å². The maximum Gasteiger partial charge on any atom is 0.416 e. The Bertz CT molecular complexity index is 747. The number of hydrogen-bond acceptors (Lipinski definition) is 3. The average molecular weight is 344 g/mol. The van der Waals surface area contributed by atoms with Crippen molar-refractivity contribution in [1.29, 1.82) is 0 Å². The molecule has 1 heterocycles. The monoisotopic (exact) mass is 343 g/mol. The highest BCUT2D eigenvalue weighted by Gasteiger charge is 2.30. The first-order chi connectivity index (χ1) is 10.7. The predicted molar refractivity (Wildman–Crippen MR) is 81.3 cm³/mol. The van der Waals surface area contributed by atoms with Crippen LogP contribution in [-0.4, -0.2) is 10.9 Å². The molecule has 0 atom stereocenters. The van der Waals surface area contributed by atoms with Gasteiger partial charge in [0.15, 0.2) is 0 Å². The Balaban J connectivity index is 2.27. The van der Waals surface area contributed by atoms with Crippen molar-refractivity contribution in [3.63, 3.8) is 0 Å². The van der Waals surface area contributed by atoms with Gasteiger partial charge < -0.3 is 11.1 Å². The molecule has 0 spiro atoms. The molecule has 2 aromatic rings. The van der Waals surface area contributed by atoms with E-state index in [0.717, 1.165) is 12.1 Å². The molecule has 0 aliphatic rings. The molecule has 1 aromatic heterocycles. The van der Waals surface area contributed by atoms with E-state index in [1.54, 1.807) is 13.0 Å². The fraction of sp³-hybridized carbons (Fsp3) is 0.200. The lowest BCUT2D eigenvalue weighted by atomic mass is 10.1. The lowest BCUT2D eigenvalue weighted by Crippen LogP contribution is -2.15. The molecule has 3 N–H and O–H groups in total. The van der Waals surface area contributed by atoms with Gasteiger partial charge in [-0.25, -0.2) is 4.98 Å². The Morgan fingerprint density at radius 2 is 2.00 bits per heavy atom. The second kappa shape index (κ2) is 6.45. The number of nitrogens with two attached hydrogens (primary N) is 1. The zero-order valence-electron chi connectivity index (χ0n) is 12.0. The van der Waals surface area contributed by atoms with Gasteiger partial charge in [0.1, 0.15) is 5.15 Å². The topological polar surface area (TPSA) is 68.0 Å². The van der Waals surface area contributed by atoms with Crippen LogP contribution in [0, 0.1) is 6.92 Å². The Morgan fingerprint density at radius 3 is 2.61 bits per heavy atom. The third-order valence-corrected chi connectivity index (χ3v) is 3.29. The van der Waals surface area contributed by atoms with E-state index in [1.807, 2.05) is 0 Å². The number of nitrogens with zero attached hydrogens (tertiary/aromatic N) is 1. The molecule has 1 amide bonds. The third-order valence-electron chi connectivity index (χ3n) is 3.08. The molecular weight excluding hydrogens is 331 g/mol. The Morgan fingerprint density at radius 1 is 1.30 bits per heavy atom. The first-order valence-electron chi connectivity index (χ1n) is 6.54. The van der Waals surface area contributed by atoms with E-state index in [9.17, 15) is 18.0 Å². The number of carbonyl (C=O) groups excluding carboxylic acids is 1. The number of nitrogens with one attached hydrogen (secondary N) is 1. The molecule has 0 saturated carbocycles. The number of alkyl halides is 3. The summed E-state index contributed by atoms with van der Waals surface area (Å²) in [6.45, 7) is 1.66. The first kappa shape index (κ1) is 17.1. The van der Waals surface area contributed by atoms with Gasteiger partial charge in [-0.3, -0.25) is 4.79 Å². The van der Waals surface area contributed by atoms with E-state index in [2.05, 4.69) is 10.3 Å². The minimum Gasteiger partial charge on any atom is -0.380 e. The molecule has 0 aliphatic carbocycles. The number of amides is 1. The molecule has 0 aliphatic heterocycles. The maximum absolute atomic E-state index is 12.8. The van der Waals surface area contributed by atoms with E-state index in [-0.39, 0.29) is 17.3 Å². The van der Waals surface area contributed by atoms with Crippen molar-refractivity contribution in [2.45, 2.75) is 19.6 Å². The van der Waals surface area contributed by atoms with Gasteiger partial charge in [-0.2, -0.15) is 13.2 Å². The van der Waals surface area contributed by atoms with Crippen LogP contribution < -0.4 is 11.1 Å². The van der Waals surface area contributed by atoms with Gasteiger partial charge in [0.2, 0.25) is 0 Å². The number of aryl methyl sites for hydroxylation is 1. The van der Waals surface area contributed by atoms with E-state index < -0.39 is 17.6 Å². The number of halogens is 4. The number of hydrogen-bond donors (Lipinski definition) is 2. The second-order valence-electron chi connectivity index (χ2n) is 4.98. The lowest BCUT2D eigenvalue weighted by molar-refractivity contribution is -0.137. The Labute approximate surface area is 135 Å². The van der Waals surface area contributed by atoms with Gasteiger partial charge in [0.25, 0.3) is 5.91 Å². The number of aromatic nitrogens is 1. The molecular formula is C15H13ClF3N3O. The average Bonchev–Trinajstić information content (AvgIpc) is 2.43. The lowest BCUT2D eigenvalue weighted by Gasteiger charge is -2.13. The zero-order valence-corrected chi connectivity index (χ0v) is 12.8. The fourth-order valence-corrected chi connectivity index (χ4v) is 2.26. The Kier molecular flexibility index (Phi) is 4.79. The summed E-state index contributed by atoms with van der Waals surface area (Å²) >= 11 is 5.76. The van der Waals surface area contributed by atoms with Gasteiger partial charge >= 0.3 is 6.18 Å². The zero-order chi connectivity index (χ0) is 17.2. The fourth-order valence-electron chi connectivity index (χ4n) is 2.10. The molecule has 122 valence electrons. The van der Waals surface area contributed by atoms with Crippen LogP contribution in [0.3, 0.4) is 0 Å². The molecule has 0 bridgehead atoms. The number of benzene rings is 1. The van der Waals surface area contributed by atoms with Gasteiger partial charge in [-0.1, -0.05) is 23.2 Å². The van der Waals surface area contributed by atoms with Gasteiger partial charge in [0.05, 0.1) is 16.8 Å². The molecule has 1 aromatic carbocycles. The van der Waals surface area contributed by atoms with Crippen molar-refractivity contribution >= 4 is 23.2 Å². The van der Waals surface area contributed by atoms with Crippen LogP contribution in [0.4, 0.5) is 18.9 Å². The SMILES string of the molecule is Cc1cc(CNc2cc(Cl)ncc2C(N)=O)cc(C(F)(F)F)c1. The normalized spacial score (nSPS) is 11.3. The van der Waals surface area contributed by atoms with Crippen LogP contribution >= 0.6 is 11.6 Å². The summed E-state index contributed by atoms with van der Waals surface area (Å²) in [7, 11) is 0. The van der Waals surface area contributed by atoms with Crippen LogP contribution in [0.5, 0.6) is 0 Å². The molecule has 0 unspecified atom stereocenters. The smallest absolute Gasteiger partial charge is 0.380 e. The number of pyridine rings is 1. The number of rotatable bonds is 4. The minimum absolute atomic E-state index is 0.0748. The summed E-state index contributed by atoms with van der Waals surface area (Å²) in [6.07, 6.45) is -3.20. The molecule has 8 heteroatoms. The van der Waals surface area contributed by atoms with E-state index >= 15 is 0 Å². The standard InChI is InChI=1S/C15H13ClF3N3O/c1-8-2-9(4-10(3-8)15(17,18)19)6-21-12-5-13(16)22-7-11(12)14(20)23/h2-5,7H,6H2,1H3,(H2,20,23)(H,21,22). The van der Waals surface area contributed by atoms with E-state index in [4.69, 9.17) is 17.3 Å². The molecule has 23 heavy (non-hydrogen) atoms. The van der Waals surface area contributed by atoms with Crippen LogP contribution in [-0.2, 0) is 12.7 Å². The maximum atomic E-state index is 12.8. The predicted octanol–water partition coefficient (Wildman–Crippen LogP) is 3.77. The van der Waals surface area contributed by atoms with Crippen molar-refractivity contribution in [3.8, 4) is 0 Å². The van der Waals surface area contributed by atoms with Crippen molar-refractivity contribution in [2.75, 3.05) is 5.32 Å². The van der Waals surface area contributed by atoms with Crippen LogP contribution in [0.1, 0.15) is 27.0 Å². The van der Waals surface area contributed by atoms with E-state index in [0.29, 0.717) is 16.8 Å². The quantitative estimate of drug-likeness (QED) is 0.830. The van der Waals surface area contributed by atoms with Crippen molar-refractivity contribution < 1.29 is 18.0 Å². The third kappa shape index (κ3) is 4.35. The Hall–Kier alpha value is -2.28. The minimum atomic E-state index is -4.42. The number of carbonyl (C=O) groups is 1. The highest BCUT2D eigenvalue weighted by molar-refractivity contribution is 6.29. The highest BCUT2D eigenvalue weighted by Crippen LogP contribution is 2.31. The van der Waals surface area contributed by atoms with Gasteiger partial charge in [-0.15, -0.1) is 0 Å². The summed E-state index contributed by atoms with van der Waals surface area (Å²) in [5.41, 5.74) is 5.83. The van der Waals surface area contributed by atoms with Crippen LogP contribution in [0.2, 0.25) is 5.15 Å². The van der Waals surface area contributed by atoms with Crippen LogP contribution in [0.25, 0.3) is 0 Å². The summed E-state index contributed by atoms with van der Waals surface area (Å²) in [5, 5.41) is 3.00. The highest BCUT2D eigenvalue weighted by atomic mass is 35.5. The molecule has 0 fully saturated rings. The van der Waals surface area contributed by atoms with Crippen molar-refractivity contribution in [3.05, 3.63) is 57.9 Å². The molecule has 2 rings (SSSR count). The summed E-state index contributed by atoms with van der Waals surface area (Å²) in [6, 6.07) is 5.13. The first-order valence-corrected chi connectivity index (χ1v) is 6.91. The number of primary amides is 1. The van der Waals surface area contributed by atoms with E-state index in [1.165, 1.54) is 12.3 Å². The summed E-state index contributed by atoms with van der Waals surface area (Å²) < 4.78 is 38.5. The number of anilines is 1.